The second-order valence-corrected chi connectivity index (χ2v) is 6.26. The van der Waals surface area contributed by atoms with E-state index in [1.165, 1.54) is 23.6 Å². The molecule has 0 radical (unpaired) electrons. The van der Waals surface area contributed by atoms with Crippen molar-refractivity contribution in [1.29, 1.82) is 0 Å². The van der Waals surface area contributed by atoms with E-state index in [9.17, 15) is 4.79 Å². The summed E-state index contributed by atoms with van der Waals surface area (Å²) in [5, 5.41) is 3.67. The lowest BCUT2D eigenvalue weighted by Crippen LogP contribution is -2.15. The number of pyridine rings is 1. The van der Waals surface area contributed by atoms with Gasteiger partial charge in [0.25, 0.3) is 5.91 Å². The smallest absolute Gasteiger partial charge is 0.276 e. The first-order chi connectivity index (χ1) is 11.2. The van der Waals surface area contributed by atoms with Crippen molar-refractivity contribution < 1.29 is 14.3 Å². The molecule has 8 heteroatoms. The molecule has 0 spiro atoms. The highest BCUT2D eigenvalue weighted by Crippen LogP contribution is 2.37. The third kappa shape index (κ3) is 2.80. The van der Waals surface area contributed by atoms with Crippen LogP contribution >= 0.6 is 22.9 Å². The molecule has 3 heterocycles. The number of rotatable bonds is 2. The Hall–Kier alpha value is -2.38. The Labute approximate surface area is 140 Å². The van der Waals surface area contributed by atoms with Crippen molar-refractivity contribution in [3.63, 3.8) is 0 Å². The fourth-order valence-electron chi connectivity index (χ4n) is 2.21. The minimum atomic E-state index is -0.358. The fraction of sp³-hybridized carbons (Fsp3) is 0.133. The topological polar surface area (TPSA) is 73.3 Å². The summed E-state index contributed by atoms with van der Waals surface area (Å²) in [6.45, 7) is 1.05. The van der Waals surface area contributed by atoms with E-state index in [0.29, 0.717) is 34.9 Å². The standard InChI is InChI=1S/C15H10ClN3O3S/c16-8-1-2-17-10(5-8)14(20)19-15-18-9-6-11-12(7-13(9)23-15)22-4-3-21-11/h1-2,5-7H,3-4H2,(H,18,19,20). The summed E-state index contributed by atoms with van der Waals surface area (Å²) < 4.78 is 12.0. The molecule has 0 fully saturated rings. The summed E-state index contributed by atoms with van der Waals surface area (Å²) in [6.07, 6.45) is 1.48. The normalized spacial score (nSPS) is 13.1. The van der Waals surface area contributed by atoms with Crippen molar-refractivity contribution in [3.05, 3.63) is 41.2 Å². The van der Waals surface area contributed by atoms with E-state index in [0.717, 1.165) is 10.2 Å². The summed E-state index contributed by atoms with van der Waals surface area (Å²) in [6, 6.07) is 6.80. The summed E-state index contributed by atoms with van der Waals surface area (Å²) in [4.78, 5) is 20.6. The van der Waals surface area contributed by atoms with E-state index in [1.54, 1.807) is 6.07 Å². The lowest BCUT2D eigenvalue weighted by Gasteiger charge is -2.17. The number of carbonyl (C=O) groups excluding carboxylic acids is 1. The fourth-order valence-corrected chi connectivity index (χ4v) is 3.24. The summed E-state index contributed by atoms with van der Waals surface area (Å²) in [7, 11) is 0. The second-order valence-electron chi connectivity index (χ2n) is 4.80. The number of hydrogen-bond donors (Lipinski definition) is 1. The van der Waals surface area contributed by atoms with Gasteiger partial charge in [-0.2, -0.15) is 0 Å². The molecule has 0 unspecified atom stereocenters. The van der Waals surface area contributed by atoms with Crippen LogP contribution in [-0.4, -0.2) is 29.1 Å². The first kappa shape index (κ1) is 14.2. The van der Waals surface area contributed by atoms with Crippen molar-refractivity contribution in [2.45, 2.75) is 0 Å². The van der Waals surface area contributed by atoms with Crippen molar-refractivity contribution in [3.8, 4) is 11.5 Å². The highest BCUT2D eigenvalue weighted by molar-refractivity contribution is 7.22. The Bertz CT molecular complexity index is 869. The van der Waals surface area contributed by atoms with Crippen LogP contribution in [0.4, 0.5) is 5.13 Å². The van der Waals surface area contributed by atoms with Gasteiger partial charge in [0.05, 0.1) is 10.2 Å². The van der Waals surface area contributed by atoms with E-state index in [1.807, 2.05) is 12.1 Å². The van der Waals surface area contributed by atoms with Gasteiger partial charge in [-0.25, -0.2) is 4.98 Å². The van der Waals surface area contributed by atoms with Gasteiger partial charge in [0.2, 0.25) is 0 Å². The maximum atomic E-state index is 12.2. The molecule has 1 aliphatic rings. The third-order valence-electron chi connectivity index (χ3n) is 3.23. The van der Waals surface area contributed by atoms with Crippen LogP contribution in [0.2, 0.25) is 5.02 Å². The Morgan fingerprint density at radius 2 is 2.00 bits per heavy atom. The maximum absolute atomic E-state index is 12.2. The molecule has 0 saturated heterocycles. The van der Waals surface area contributed by atoms with Crippen LogP contribution in [-0.2, 0) is 0 Å². The molecule has 0 saturated carbocycles. The molecule has 1 aliphatic heterocycles. The predicted molar refractivity (Wildman–Crippen MR) is 87.8 cm³/mol. The van der Waals surface area contributed by atoms with E-state index in [4.69, 9.17) is 21.1 Å². The number of benzene rings is 1. The Balaban J connectivity index is 1.63. The zero-order chi connectivity index (χ0) is 15.8. The van der Waals surface area contributed by atoms with Crippen LogP contribution in [0.1, 0.15) is 10.5 Å². The molecular weight excluding hydrogens is 338 g/mol. The highest BCUT2D eigenvalue weighted by Gasteiger charge is 2.16. The SMILES string of the molecule is O=C(Nc1nc2cc3c(cc2s1)OCCO3)c1cc(Cl)ccn1. The number of nitrogens with zero attached hydrogens (tertiary/aromatic N) is 2. The van der Waals surface area contributed by atoms with Crippen LogP contribution in [0.25, 0.3) is 10.2 Å². The van der Waals surface area contributed by atoms with Crippen LogP contribution < -0.4 is 14.8 Å². The van der Waals surface area contributed by atoms with Gasteiger partial charge in [-0.3, -0.25) is 15.1 Å². The predicted octanol–water partition coefficient (Wildman–Crippen LogP) is 3.37. The number of halogens is 1. The molecule has 1 amide bonds. The van der Waals surface area contributed by atoms with Crippen molar-refractivity contribution >= 4 is 44.2 Å². The first-order valence-electron chi connectivity index (χ1n) is 6.82. The minimum Gasteiger partial charge on any atom is -0.486 e. The zero-order valence-electron chi connectivity index (χ0n) is 11.7. The largest absolute Gasteiger partial charge is 0.486 e. The number of carbonyl (C=O) groups is 1. The minimum absolute atomic E-state index is 0.239. The third-order valence-corrected chi connectivity index (χ3v) is 4.40. The van der Waals surface area contributed by atoms with Gasteiger partial charge in [-0.05, 0) is 12.1 Å². The molecule has 116 valence electrons. The van der Waals surface area contributed by atoms with E-state index >= 15 is 0 Å². The molecule has 4 rings (SSSR count). The molecule has 6 nitrogen and oxygen atoms in total. The number of nitrogens with one attached hydrogen (secondary N) is 1. The monoisotopic (exact) mass is 347 g/mol. The van der Waals surface area contributed by atoms with Crippen molar-refractivity contribution in [2.75, 3.05) is 18.5 Å². The van der Waals surface area contributed by atoms with Gasteiger partial charge in [0, 0.05) is 23.4 Å². The van der Waals surface area contributed by atoms with Gasteiger partial charge >= 0.3 is 0 Å². The highest BCUT2D eigenvalue weighted by atomic mass is 35.5. The molecule has 0 aliphatic carbocycles. The zero-order valence-corrected chi connectivity index (χ0v) is 13.3. The van der Waals surface area contributed by atoms with E-state index in [-0.39, 0.29) is 11.6 Å². The van der Waals surface area contributed by atoms with Gasteiger partial charge < -0.3 is 9.47 Å². The maximum Gasteiger partial charge on any atom is 0.276 e. The average molecular weight is 348 g/mol. The van der Waals surface area contributed by atoms with Crippen LogP contribution in [0, 0.1) is 0 Å². The van der Waals surface area contributed by atoms with Crippen LogP contribution in [0.5, 0.6) is 11.5 Å². The van der Waals surface area contributed by atoms with E-state index < -0.39 is 0 Å². The molecular formula is C15H10ClN3O3S. The number of amides is 1. The lowest BCUT2D eigenvalue weighted by atomic mass is 10.3. The Kier molecular flexibility index (Phi) is 3.51. The number of anilines is 1. The van der Waals surface area contributed by atoms with E-state index in [2.05, 4.69) is 15.3 Å². The Morgan fingerprint density at radius 3 is 2.78 bits per heavy atom. The number of hydrogen-bond acceptors (Lipinski definition) is 6. The second kappa shape index (κ2) is 5.68. The first-order valence-corrected chi connectivity index (χ1v) is 8.01. The van der Waals surface area contributed by atoms with Crippen molar-refractivity contribution in [1.82, 2.24) is 9.97 Å². The summed E-state index contributed by atoms with van der Waals surface area (Å²) in [5.41, 5.74) is 0.983. The molecule has 2 aromatic heterocycles. The summed E-state index contributed by atoms with van der Waals surface area (Å²) >= 11 is 7.23. The number of aromatic nitrogens is 2. The van der Waals surface area contributed by atoms with Gasteiger partial charge in [-0.15, -0.1) is 0 Å². The van der Waals surface area contributed by atoms with Crippen molar-refractivity contribution in [2.24, 2.45) is 0 Å². The molecule has 0 bridgehead atoms. The molecule has 1 aromatic carbocycles. The molecule has 3 aromatic rings. The molecule has 1 N–H and O–H groups in total. The van der Waals surface area contributed by atoms with Crippen LogP contribution in [0.15, 0.2) is 30.5 Å². The van der Waals surface area contributed by atoms with Gasteiger partial charge in [0.15, 0.2) is 16.6 Å². The number of ether oxygens (including phenoxy) is 2. The number of fused-ring (bicyclic) bond motifs is 2. The Morgan fingerprint density at radius 1 is 1.22 bits per heavy atom. The average Bonchev–Trinajstić information content (AvgIpc) is 2.93. The summed E-state index contributed by atoms with van der Waals surface area (Å²) in [5.74, 6) is 1.01. The molecule has 23 heavy (non-hydrogen) atoms. The number of thiazole rings is 1. The van der Waals surface area contributed by atoms with Gasteiger partial charge in [-0.1, -0.05) is 22.9 Å². The van der Waals surface area contributed by atoms with Crippen LogP contribution in [0.3, 0.4) is 0 Å². The quantitative estimate of drug-likeness (QED) is 0.769. The van der Waals surface area contributed by atoms with Gasteiger partial charge in [0.1, 0.15) is 18.9 Å². The molecule has 0 atom stereocenters. The lowest BCUT2D eigenvalue weighted by molar-refractivity contribution is 0.102.